The van der Waals surface area contributed by atoms with Gasteiger partial charge in [-0.1, -0.05) is 36.4 Å². The first kappa shape index (κ1) is 12.8. The minimum atomic E-state index is 0.169. The molecule has 102 valence electrons. The first-order valence-electron chi connectivity index (χ1n) is 6.87. The van der Waals surface area contributed by atoms with E-state index in [2.05, 4.69) is 58.0 Å². The minimum Gasteiger partial charge on any atom is -0.320 e. The van der Waals surface area contributed by atoms with Crippen LogP contribution in [-0.4, -0.2) is 28.6 Å². The van der Waals surface area contributed by atoms with Crippen LogP contribution in [-0.2, 0) is 0 Å². The van der Waals surface area contributed by atoms with E-state index < -0.39 is 0 Å². The molecule has 0 bridgehead atoms. The van der Waals surface area contributed by atoms with Crippen LogP contribution in [0.2, 0.25) is 0 Å². The number of hydrogen-bond acceptors (Lipinski definition) is 3. The van der Waals surface area contributed by atoms with Gasteiger partial charge in [0.2, 0.25) is 0 Å². The average molecular weight is 266 g/mol. The van der Waals surface area contributed by atoms with Crippen LogP contribution in [0.15, 0.2) is 54.9 Å². The maximum absolute atomic E-state index is 4.30. The average Bonchev–Trinajstić information content (AvgIpc) is 3.02. The number of fused-ring (bicyclic) bond motifs is 1. The first-order valence-corrected chi connectivity index (χ1v) is 6.87. The Morgan fingerprint density at radius 3 is 2.55 bits per heavy atom. The summed E-state index contributed by atoms with van der Waals surface area (Å²) in [5.74, 6) is 0. The fourth-order valence-corrected chi connectivity index (χ4v) is 2.50. The molecule has 4 nitrogen and oxygen atoms in total. The van der Waals surface area contributed by atoms with Crippen molar-refractivity contribution in [3.05, 3.63) is 60.4 Å². The van der Waals surface area contributed by atoms with Gasteiger partial charge in [0.05, 0.1) is 18.4 Å². The molecule has 0 amide bonds. The number of benzene rings is 2. The van der Waals surface area contributed by atoms with Crippen LogP contribution in [0.5, 0.6) is 0 Å². The van der Waals surface area contributed by atoms with Crippen molar-refractivity contribution >= 4 is 10.8 Å². The molecule has 1 N–H and O–H groups in total. The van der Waals surface area contributed by atoms with Crippen molar-refractivity contribution in [2.24, 2.45) is 0 Å². The van der Waals surface area contributed by atoms with Crippen molar-refractivity contribution in [1.82, 2.24) is 20.3 Å². The Kier molecular flexibility index (Phi) is 3.74. The van der Waals surface area contributed by atoms with Gasteiger partial charge in [-0.3, -0.25) is 0 Å². The summed E-state index contributed by atoms with van der Waals surface area (Å²) >= 11 is 0. The summed E-state index contributed by atoms with van der Waals surface area (Å²) < 4.78 is 0. The molecule has 2 aromatic carbocycles. The van der Waals surface area contributed by atoms with Crippen molar-refractivity contribution in [1.29, 1.82) is 0 Å². The summed E-state index contributed by atoms with van der Waals surface area (Å²) in [4.78, 5) is 1.79. The second-order valence-electron chi connectivity index (χ2n) is 4.86. The molecule has 0 aliphatic carbocycles. The molecule has 0 radical (unpaired) electrons. The van der Waals surface area contributed by atoms with E-state index in [0.29, 0.717) is 0 Å². The molecule has 3 aromatic rings. The zero-order valence-corrected chi connectivity index (χ0v) is 11.5. The third-order valence-corrected chi connectivity index (χ3v) is 3.54. The van der Waals surface area contributed by atoms with Gasteiger partial charge in [-0.05, 0) is 42.4 Å². The van der Waals surface area contributed by atoms with Gasteiger partial charge in [-0.15, -0.1) is 0 Å². The van der Waals surface area contributed by atoms with E-state index in [1.54, 1.807) is 17.2 Å². The van der Waals surface area contributed by atoms with Crippen LogP contribution < -0.4 is 5.32 Å². The monoisotopic (exact) mass is 266 g/mol. The maximum Gasteiger partial charge on any atom is 0.0977 e. The van der Waals surface area contributed by atoms with Crippen LogP contribution in [0.3, 0.4) is 0 Å². The Balaban J connectivity index is 1.99. The van der Waals surface area contributed by atoms with Crippen molar-refractivity contribution < 1.29 is 0 Å². The van der Waals surface area contributed by atoms with Gasteiger partial charge < -0.3 is 5.32 Å². The van der Waals surface area contributed by atoms with Crippen LogP contribution in [0.4, 0.5) is 0 Å². The molecule has 0 saturated carbocycles. The lowest BCUT2D eigenvalue weighted by Crippen LogP contribution is -2.19. The van der Waals surface area contributed by atoms with Gasteiger partial charge in [0.1, 0.15) is 0 Å². The molecule has 20 heavy (non-hydrogen) atoms. The van der Waals surface area contributed by atoms with Crippen molar-refractivity contribution in [2.75, 3.05) is 13.6 Å². The summed E-state index contributed by atoms with van der Waals surface area (Å²) in [7, 11) is 1.97. The lowest BCUT2D eigenvalue weighted by molar-refractivity contribution is 0.431. The SMILES string of the molecule is CNCCC(c1ccc2ccccc2c1)n1nccn1. The number of nitrogens with zero attached hydrogens (tertiary/aromatic N) is 3. The van der Waals surface area contributed by atoms with Gasteiger partial charge in [0, 0.05) is 0 Å². The molecule has 1 atom stereocenters. The zero-order valence-electron chi connectivity index (χ0n) is 11.5. The van der Waals surface area contributed by atoms with Gasteiger partial charge in [-0.25, -0.2) is 0 Å². The Morgan fingerprint density at radius 2 is 1.80 bits per heavy atom. The van der Waals surface area contributed by atoms with E-state index in [9.17, 15) is 0 Å². The molecule has 0 saturated heterocycles. The lowest BCUT2D eigenvalue weighted by atomic mass is 10.00. The first-order chi connectivity index (χ1) is 9.88. The maximum atomic E-state index is 4.30. The smallest absolute Gasteiger partial charge is 0.0977 e. The number of aromatic nitrogens is 3. The van der Waals surface area contributed by atoms with Crippen molar-refractivity contribution in [3.8, 4) is 0 Å². The fraction of sp³-hybridized carbons (Fsp3) is 0.250. The van der Waals surface area contributed by atoms with Crippen molar-refractivity contribution in [3.63, 3.8) is 0 Å². The van der Waals surface area contributed by atoms with Crippen LogP contribution in [0, 0.1) is 0 Å². The molecular formula is C16H18N4. The van der Waals surface area contributed by atoms with Gasteiger partial charge >= 0.3 is 0 Å². The number of rotatable bonds is 5. The molecule has 0 aliphatic heterocycles. The molecule has 1 unspecified atom stereocenters. The Morgan fingerprint density at radius 1 is 1.05 bits per heavy atom. The largest absolute Gasteiger partial charge is 0.320 e. The molecule has 4 heteroatoms. The number of hydrogen-bond donors (Lipinski definition) is 1. The summed E-state index contributed by atoms with van der Waals surface area (Å²) in [5, 5.41) is 14.3. The van der Waals surface area contributed by atoms with Gasteiger partial charge in [0.15, 0.2) is 0 Å². The normalized spacial score (nSPS) is 12.7. The molecule has 3 rings (SSSR count). The lowest BCUT2D eigenvalue weighted by Gasteiger charge is -2.17. The van der Waals surface area contributed by atoms with Crippen molar-refractivity contribution in [2.45, 2.75) is 12.5 Å². The van der Waals surface area contributed by atoms with Crippen LogP contribution in [0.25, 0.3) is 10.8 Å². The third-order valence-electron chi connectivity index (χ3n) is 3.54. The Bertz CT molecular complexity index is 676. The van der Waals surface area contributed by atoms with Gasteiger partial charge in [0.25, 0.3) is 0 Å². The topological polar surface area (TPSA) is 42.7 Å². The second-order valence-corrected chi connectivity index (χ2v) is 4.86. The second kappa shape index (κ2) is 5.84. The van der Waals surface area contributed by atoms with E-state index in [1.807, 2.05) is 7.05 Å². The molecule has 0 spiro atoms. The Labute approximate surface area is 118 Å². The molecule has 1 aromatic heterocycles. The summed E-state index contributed by atoms with van der Waals surface area (Å²) in [6.07, 6.45) is 4.42. The van der Waals surface area contributed by atoms with Crippen LogP contribution in [0.1, 0.15) is 18.0 Å². The standard InChI is InChI=1S/C16H18N4/c1-17-9-8-16(20-18-10-11-19-20)15-7-6-13-4-2-3-5-14(13)12-15/h2-7,10-12,16-17H,8-9H2,1H3. The van der Waals surface area contributed by atoms with E-state index in [-0.39, 0.29) is 6.04 Å². The predicted molar refractivity (Wildman–Crippen MR) is 80.7 cm³/mol. The summed E-state index contributed by atoms with van der Waals surface area (Å²) in [5.41, 5.74) is 1.25. The highest BCUT2D eigenvalue weighted by Crippen LogP contribution is 2.24. The quantitative estimate of drug-likeness (QED) is 0.772. The van der Waals surface area contributed by atoms with E-state index >= 15 is 0 Å². The Hall–Kier alpha value is -2.20. The van der Waals surface area contributed by atoms with E-state index in [1.165, 1.54) is 16.3 Å². The minimum absolute atomic E-state index is 0.169. The van der Waals surface area contributed by atoms with E-state index in [0.717, 1.165) is 13.0 Å². The molecular weight excluding hydrogens is 248 g/mol. The zero-order chi connectivity index (χ0) is 13.8. The fourth-order valence-electron chi connectivity index (χ4n) is 2.50. The molecule has 1 heterocycles. The highest BCUT2D eigenvalue weighted by molar-refractivity contribution is 5.83. The van der Waals surface area contributed by atoms with Crippen LogP contribution >= 0.6 is 0 Å². The predicted octanol–water partition coefficient (Wildman–Crippen LogP) is 2.63. The molecule has 0 fully saturated rings. The van der Waals surface area contributed by atoms with E-state index in [4.69, 9.17) is 0 Å². The third kappa shape index (κ3) is 2.56. The highest BCUT2D eigenvalue weighted by Gasteiger charge is 2.15. The highest BCUT2D eigenvalue weighted by atomic mass is 15.5. The number of nitrogens with one attached hydrogen (secondary N) is 1. The summed E-state index contributed by atoms with van der Waals surface area (Å²) in [6.45, 7) is 0.930. The van der Waals surface area contributed by atoms with Gasteiger partial charge in [-0.2, -0.15) is 15.0 Å². The molecule has 0 aliphatic rings. The summed E-state index contributed by atoms with van der Waals surface area (Å²) in [6, 6.07) is 15.2.